The zero-order valence-electron chi connectivity index (χ0n) is 13.2. The lowest BCUT2D eigenvalue weighted by Gasteiger charge is -2.24. The van der Waals surface area contributed by atoms with Crippen LogP contribution in [0.3, 0.4) is 0 Å². The predicted molar refractivity (Wildman–Crippen MR) is 89.6 cm³/mol. The van der Waals surface area contributed by atoms with Gasteiger partial charge in [-0.1, -0.05) is 57.2 Å². The van der Waals surface area contributed by atoms with Gasteiger partial charge in [-0.25, -0.2) is 4.57 Å². The molecule has 120 valence electrons. The van der Waals surface area contributed by atoms with Crippen LogP contribution in [0.4, 0.5) is 0 Å². The van der Waals surface area contributed by atoms with Crippen molar-refractivity contribution in [1.29, 1.82) is 0 Å². The highest BCUT2D eigenvalue weighted by Gasteiger charge is 2.30. The maximum absolute atomic E-state index is 12.8. The van der Waals surface area contributed by atoms with Crippen LogP contribution in [0.15, 0.2) is 59.5 Å². The van der Waals surface area contributed by atoms with Crippen LogP contribution >= 0.6 is 7.75 Å². The van der Waals surface area contributed by atoms with Crippen LogP contribution in [0, 0.1) is 0 Å². The lowest BCUT2D eigenvalue weighted by Crippen LogP contribution is -2.13. The molecule has 0 spiro atoms. The highest BCUT2D eigenvalue weighted by molar-refractivity contribution is 7.53. The van der Waals surface area contributed by atoms with Crippen molar-refractivity contribution < 1.29 is 13.6 Å². The fourth-order valence-corrected chi connectivity index (χ4v) is 3.01. The monoisotopic (exact) mass is 331 g/mol. The van der Waals surface area contributed by atoms with E-state index in [1.54, 1.807) is 42.5 Å². The molecule has 0 amide bonds. The molecule has 2 aromatic carbocycles. The van der Waals surface area contributed by atoms with Gasteiger partial charge in [0, 0.05) is 15.4 Å². The van der Waals surface area contributed by atoms with Gasteiger partial charge >= 0.3 is 7.75 Å². The van der Waals surface area contributed by atoms with E-state index in [1.807, 2.05) is 32.9 Å². The van der Waals surface area contributed by atoms with Crippen molar-refractivity contribution in [2.75, 3.05) is 0 Å². The fourth-order valence-electron chi connectivity index (χ4n) is 2.01. The van der Waals surface area contributed by atoms with Crippen molar-refractivity contribution in [3.63, 3.8) is 0 Å². The molecule has 0 aliphatic carbocycles. The molecule has 0 heterocycles. The first-order valence-corrected chi connectivity index (χ1v) is 8.54. The number of rotatable bonds is 5. The summed E-state index contributed by atoms with van der Waals surface area (Å²) in [6.07, 6.45) is 0. The normalized spacial score (nSPS) is 13.5. The number of hydrogen-bond donors (Lipinski definition) is 0. The van der Waals surface area contributed by atoms with Gasteiger partial charge in [-0.05, 0) is 29.1 Å². The molecule has 0 saturated heterocycles. The molecular formula is C16H18N3O3P. The van der Waals surface area contributed by atoms with Gasteiger partial charge < -0.3 is 9.05 Å². The van der Waals surface area contributed by atoms with Crippen LogP contribution < -0.4 is 9.05 Å². The van der Waals surface area contributed by atoms with Crippen molar-refractivity contribution in [2.24, 2.45) is 4.88 Å². The van der Waals surface area contributed by atoms with Gasteiger partial charge in [0.1, 0.15) is 11.5 Å². The third-order valence-electron chi connectivity index (χ3n) is 3.02. The second-order valence-corrected chi connectivity index (χ2v) is 7.37. The minimum Gasteiger partial charge on any atom is -0.411 e. The second-order valence-electron chi connectivity index (χ2n) is 5.89. The SMILES string of the molecule is CC(C)(C)c1ccccc1OP(=O)(N=[N+]=[N-])Oc1ccccc1. The van der Waals surface area contributed by atoms with Gasteiger partial charge in [0.25, 0.3) is 0 Å². The van der Waals surface area contributed by atoms with Crippen molar-refractivity contribution in [3.05, 3.63) is 70.6 Å². The molecule has 0 aliphatic rings. The first kappa shape index (κ1) is 16.9. The lowest BCUT2D eigenvalue weighted by molar-refractivity contribution is 0.381. The van der Waals surface area contributed by atoms with E-state index in [1.165, 1.54) is 0 Å². The first-order valence-electron chi connectivity index (χ1n) is 7.04. The molecule has 6 nitrogen and oxygen atoms in total. The maximum atomic E-state index is 12.8. The number of nitrogens with zero attached hydrogens (tertiary/aromatic N) is 3. The molecule has 0 N–H and O–H groups in total. The molecule has 2 rings (SSSR count). The van der Waals surface area contributed by atoms with Crippen molar-refractivity contribution in [1.82, 2.24) is 0 Å². The Bertz CT molecular complexity index is 766. The van der Waals surface area contributed by atoms with Crippen molar-refractivity contribution >= 4 is 7.75 Å². The minimum absolute atomic E-state index is 0.232. The molecule has 0 fully saturated rings. The van der Waals surface area contributed by atoms with Crippen LogP contribution in [-0.2, 0) is 9.98 Å². The van der Waals surface area contributed by atoms with Crippen LogP contribution in [0.25, 0.3) is 10.4 Å². The number of hydrogen-bond acceptors (Lipinski definition) is 3. The summed E-state index contributed by atoms with van der Waals surface area (Å²) >= 11 is 0. The van der Waals surface area contributed by atoms with Gasteiger partial charge in [-0.15, -0.1) is 0 Å². The summed E-state index contributed by atoms with van der Waals surface area (Å²) in [5.41, 5.74) is 9.32. The summed E-state index contributed by atoms with van der Waals surface area (Å²) in [5.74, 6) is 0.670. The van der Waals surface area contributed by atoms with E-state index in [2.05, 4.69) is 9.80 Å². The Kier molecular flexibility index (Phi) is 4.99. The van der Waals surface area contributed by atoms with E-state index < -0.39 is 7.75 Å². The van der Waals surface area contributed by atoms with Gasteiger partial charge in [-0.2, -0.15) is 0 Å². The molecule has 0 bridgehead atoms. The van der Waals surface area contributed by atoms with Gasteiger partial charge in [-0.3, -0.25) is 0 Å². The molecule has 1 unspecified atom stereocenters. The average molecular weight is 331 g/mol. The summed E-state index contributed by atoms with van der Waals surface area (Å²) in [7, 11) is -4.05. The quantitative estimate of drug-likeness (QED) is 0.297. The average Bonchev–Trinajstić information content (AvgIpc) is 2.47. The first-order chi connectivity index (χ1) is 10.8. The highest BCUT2D eigenvalue weighted by atomic mass is 31.2. The zero-order chi connectivity index (χ0) is 16.9. The predicted octanol–water partition coefficient (Wildman–Crippen LogP) is 5.86. The standard InChI is InChI=1S/C16H18N3O3P/c1-16(2,3)14-11-7-8-12-15(14)22-23(20,19-18-17)21-13-9-5-4-6-10-13/h4-12H,1-3H3. The fraction of sp³-hybridized carbons (Fsp3) is 0.250. The Hall–Kier alpha value is -2.42. The van der Waals surface area contributed by atoms with E-state index in [0.717, 1.165) is 5.56 Å². The second kappa shape index (κ2) is 6.78. The Balaban J connectivity index is 2.38. The van der Waals surface area contributed by atoms with Crippen LogP contribution in [0.1, 0.15) is 26.3 Å². The Morgan fingerprint density at radius 1 is 1.00 bits per heavy atom. The molecule has 1 atom stereocenters. The van der Waals surface area contributed by atoms with Gasteiger partial charge in [0.2, 0.25) is 0 Å². The largest absolute Gasteiger partial charge is 0.525 e. The van der Waals surface area contributed by atoms with Gasteiger partial charge in [0.05, 0.1) is 0 Å². The Morgan fingerprint density at radius 3 is 2.22 bits per heavy atom. The summed E-state index contributed by atoms with van der Waals surface area (Å²) in [5, 5.41) is 0. The van der Waals surface area contributed by atoms with Crippen molar-refractivity contribution in [2.45, 2.75) is 26.2 Å². The zero-order valence-corrected chi connectivity index (χ0v) is 14.1. The van der Waals surface area contributed by atoms with E-state index in [4.69, 9.17) is 14.6 Å². The van der Waals surface area contributed by atoms with Crippen LogP contribution in [0.5, 0.6) is 11.5 Å². The smallest absolute Gasteiger partial charge is 0.411 e. The maximum Gasteiger partial charge on any atom is 0.525 e. The molecule has 7 heteroatoms. The number of para-hydroxylation sites is 2. The topological polar surface area (TPSA) is 84.3 Å². The molecule has 0 aliphatic heterocycles. The molecule has 23 heavy (non-hydrogen) atoms. The molecule has 0 radical (unpaired) electrons. The summed E-state index contributed by atoms with van der Waals surface area (Å²) in [6, 6.07) is 15.6. The third-order valence-corrected chi connectivity index (χ3v) is 4.19. The molecule has 2 aromatic rings. The summed E-state index contributed by atoms with van der Waals surface area (Å²) < 4.78 is 23.6. The Morgan fingerprint density at radius 2 is 1.61 bits per heavy atom. The molecule has 0 aromatic heterocycles. The molecule has 0 saturated carbocycles. The van der Waals surface area contributed by atoms with E-state index in [9.17, 15) is 4.57 Å². The summed E-state index contributed by atoms with van der Waals surface area (Å²) in [6.45, 7) is 6.02. The van der Waals surface area contributed by atoms with E-state index >= 15 is 0 Å². The highest BCUT2D eigenvalue weighted by Crippen LogP contribution is 2.51. The minimum atomic E-state index is -4.05. The van der Waals surface area contributed by atoms with Gasteiger partial charge in [0.15, 0.2) is 0 Å². The van der Waals surface area contributed by atoms with Crippen LogP contribution in [0.2, 0.25) is 0 Å². The van der Waals surface area contributed by atoms with E-state index in [0.29, 0.717) is 11.5 Å². The molecular weight excluding hydrogens is 313 g/mol. The summed E-state index contributed by atoms with van der Waals surface area (Å²) in [4.78, 5) is 5.87. The van der Waals surface area contributed by atoms with Crippen molar-refractivity contribution in [3.8, 4) is 11.5 Å². The Labute approximate surface area is 135 Å². The van der Waals surface area contributed by atoms with E-state index in [-0.39, 0.29) is 5.41 Å². The number of azide groups is 1. The number of benzene rings is 2. The third kappa shape index (κ3) is 4.52. The van der Waals surface area contributed by atoms with Crippen LogP contribution in [-0.4, -0.2) is 0 Å². The lowest BCUT2D eigenvalue weighted by atomic mass is 9.86.